The lowest BCUT2D eigenvalue weighted by molar-refractivity contribution is 0.00578. The fourth-order valence-electron chi connectivity index (χ4n) is 1.68. The zero-order chi connectivity index (χ0) is 12.7. The van der Waals surface area contributed by atoms with Crippen molar-refractivity contribution in [1.82, 2.24) is 4.98 Å². The van der Waals surface area contributed by atoms with Gasteiger partial charge in [-0.25, -0.2) is 0 Å². The van der Waals surface area contributed by atoms with Crippen molar-refractivity contribution < 1.29 is 9.31 Å². The summed E-state index contributed by atoms with van der Waals surface area (Å²) in [4.78, 5) is 4.44. The predicted octanol–water partition coefficient (Wildman–Crippen LogP) is 2.02. The van der Waals surface area contributed by atoms with Crippen LogP contribution in [0.2, 0.25) is 0 Å². The van der Waals surface area contributed by atoms with Crippen LogP contribution in [-0.2, 0) is 9.31 Å². The number of pyridine rings is 1. The number of hydrogen-bond donors (Lipinski definition) is 0. The summed E-state index contributed by atoms with van der Waals surface area (Å²) in [5.41, 5.74) is 0.964. The van der Waals surface area contributed by atoms with E-state index >= 15 is 0 Å². The van der Waals surface area contributed by atoms with E-state index in [9.17, 15) is 0 Å². The molecule has 2 rings (SSSR count). The Morgan fingerprint density at radius 2 is 1.76 bits per heavy atom. The van der Waals surface area contributed by atoms with Crippen LogP contribution in [0.1, 0.15) is 33.4 Å². The summed E-state index contributed by atoms with van der Waals surface area (Å²) in [7, 11) is -0.403. The molecule has 0 N–H and O–H groups in total. The molecule has 0 radical (unpaired) electrons. The van der Waals surface area contributed by atoms with Crippen molar-refractivity contribution in [3.63, 3.8) is 0 Å². The molecular formula is C13H18BNO2. The van der Waals surface area contributed by atoms with Crippen molar-refractivity contribution in [2.75, 3.05) is 0 Å². The minimum absolute atomic E-state index is 0.330. The Morgan fingerprint density at radius 3 is 2.29 bits per heavy atom. The molecule has 0 amide bonds. The molecule has 0 aromatic carbocycles. The molecule has 0 atom stereocenters. The fourth-order valence-corrected chi connectivity index (χ4v) is 1.68. The van der Waals surface area contributed by atoms with Crippen LogP contribution in [0.4, 0.5) is 0 Å². The highest BCUT2D eigenvalue weighted by Gasteiger charge is 2.52. The van der Waals surface area contributed by atoms with Crippen molar-refractivity contribution in [3.8, 4) is 0 Å². The molecule has 0 aliphatic carbocycles. The zero-order valence-electron chi connectivity index (χ0n) is 10.9. The van der Waals surface area contributed by atoms with Gasteiger partial charge in [0.15, 0.2) is 0 Å². The van der Waals surface area contributed by atoms with Gasteiger partial charge in [0.2, 0.25) is 0 Å². The van der Waals surface area contributed by atoms with Crippen LogP contribution in [0.25, 0.3) is 6.08 Å². The Hall–Kier alpha value is -1.13. The Balaban J connectivity index is 2.28. The highest BCUT2D eigenvalue weighted by Crippen LogP contribution is 2.36. The van der Waals surface area contributed by atoms with Crippen LogP contribution in [0.15, 0.2) is 24.8 Å². The van der Waals surface area contributed by atoms with Crippen LogP contribution < -0.4 is 5.59 Å². The Morgan fingerprint density at radius 1 is 1.18 bits per heavy atom. The first-order valence-corrected chi connectivity index (χ1v) is 5.81. The minimum atomic E-state index is -0.403. The van der Waals surface area contributed by atoms with Crippen molar-refractivity contribution in [1.29, 1.82) is 0 Å². The molecule has 0 spiro atoms. The van der Waals surface area contributed by atoms with Gasteiger partial charge in [-0.05, 0) is 45.9 Å². The third-order valence-electron chi connectivity index (χ3n) is 3.50. The Labute approximate surface area is 103 Å². The summed E-state index contributed by atoms with van der Waals surface area (Å²) >= 11 is 0. The molecule has 17 heavy (non-hydrogen) atoms. The number of rotatable bonds is 2. The number of aromatic nitrogens is 1. The topological polar surface area (TPSA) is 31.4 Å². The van der Waals surface area contributed by atoms with Crippen LogP contribution >= 0.6 is 0 Å². The molecule has 90 valence electrons. The van der Waals surface area contributed by atoms with E-state index in [0.29, 0.717) is 0 Å². The average Bonchev–Trinajstić information content (AvgIpc) is 2.48. The second-order valence-corrected chi connectivity index (χ2v) is 5.28. The quantitative estimate of drug-likeness (QED) is 0.729. The van der Waals surface area contributed by atoms with Crippen LogP contribution in [0, 0.1) is 0 Å². The SMILES string of the molecule is C=Cc1cccc(B2OC(C)(C)C(C)(C)O2)n1. The van der Waals surface area contributed by atoms with Crippen molar-refractivity contribution in [2.24, 2.45) is 0 Å². The molecule has 1 aliphatic heterocycles. The maximum Gasteiger partial charge on any atom is 0.514 e. The largest absolute Gasteiger partial charge is 0.514 e. The van der Waals surface area contributed by atoms with Crippen molar-refractivity contribution in [2.45, 2.75) is 38.9 Å². The van der Waals surface area contributed by atoms with Gasteiger partial charge >= 0.3 is 7.12 Å². The maximum atomic E-state index is 5.93. The first kappa shape index (κ1) is 12.3. The molecular weight excluding hydrogens is 213 g/mol. The van der Waals surface area contributed by atoms with Gasteiger partial charge in [-0.1, -0.05) is 12.6 Å². The van der Waals surface area contributed by atoms with E-state index in [4.69, 9.17) is 9.31 Å². The monoisotopic (exact) mass is 231 g/mol. The second kappa shape index (κ2) is 3.96. The minimum Gasteiger partial charge on any atom is -0.398 e. The van der Waals surface area contributed by atoms with Crippen LogP contribution in [0.3, 0.4) is 0 Å². The van der Waals surface area contributed by atoms with Gasteiger partial charge in [0.05, 0.1) is 22.5 Å². The van der Waals surface area contributed by atoms with Gasteiger partial charge < -0.3 is 9.31 Å². The molecule has 0 saturated carbocycles. The molecule has 1 fully saturated rings. The Kier molecular flexibility index (Phi) is 2.88. The molecule has 0 bridgehead atoms. The summed E-state index contributed by atoms with van der Waals surface area (Å²) in [6.45, 7) is 11.8. The third kappa shape index (κ3) is 2.15. The average molecular weight is 231 g/mol. The van der Waals surface area contributed by atoms with E-state index in [1.54, 1.807) is 6.08 Å². The van der Waals surface area contributed by atoms with Crippen LogP contribution in [0.5, 0.6) is 0 Å². The van der Waals surface area contributed by atoms with Crippen LogP contribution in [-0.4, -0.2) is 23.3 Å². The molecule has 3 nitrogen and oxygen atoms in total. The number of hydrogen-bond acceptors (Lipinski definition) is 3. The fraction of sp³-hybridized carbons (Fsp3) is 0.462. The molecule has 4 heteroatoms. The summed E-state index contributed by atoms with van der Waals surface area (Å²) < 4.78 is 11.9. The molecule has 2 heterocycles. The van der Waals surface area contributed by atoms with E-state index in [1.165, 1.54) is 0 Å². The van der Waals surface area contributed by atoms with Gasteiger partial charge in [-0.2, -0.15) is 0 Å². The molecule has 1 aromatic heterocycles. The first-order chi connectivity index (χ1) is 7.86. The van der Waals surface area contributed by atoms with E-state index in [2.05, 4.69) is 11.6 Å². The lowest BCUT2D eigenvalue weighted by Gasteiger charge is -2.32. The zero-order valence-corrected chi connectivity index (χ0v) is 10.9. The number of nitrogens with zero attached hydrogens (tertiary/aromatic N) is 1. The molecule has 1 aliphatic rings. The van der Waals surface area contributed by atoms with E-state index in [-0.39, 0.29) is 11.2 Å². The maximum absolute atomic E-state index is 5.93. The highest BCUT2D eigenvalue weighted by molar-refractivity contribution is 6.61. The summed E-state index contributed by atoms with van der Waals surface area (Å²) in [5, 5.41) is 0. The van der Waals surface area contributed by atoms with Crippen molar-refractivity contribution >= 4 is 18.8 Å². The second-order valence-electron chi connectivity index (χ2n) is 5.28. The van der Waals surface area contributed by atoms with Crippen molar-refractivity contribution in [3.05, 3.63) is 30.5 Å². The molecule has 0 unspecified atom stereocenters. The van der Waals surface area contributed by atoms with Gasteiger partial charge in [0, 0.05) is 0 Å². The lowest BCUT2D eigenvalue weighted by Crippen LogP contribution is -2.41. The standard InChI is InChI=1S/C13H18BNO2/c1-6-10-8-7-9-11(15-10)14-16-12(2,3)13(4,5)17-14/h6-9H,1H2,2-5H3. The van der Waals surface area contributed by atoms with E-state index in [1.807, 2.05) is 45.9 Å². The summed E-state index contributed by atoms with van der Waals surface area (Å²) in [6, 6.07) is 5.75. The van der Waals surface area contributed by atoms with Gasteiger partial charge in [-0.15, -0.1) is 0 Å². The first-order valence-electron chi connectivity index (χ1n) is 5.81. The van der Waals surface area contributed by atoms with E-state index < -0.39 is 7.12 Å². The van der Waals surface area contributed by atoms with Gasteiger partial charge in [-0.3, -0.25) is 4.98 Å². The normalized spacial score (nSPS) is 21.5. The summed E-state index contributed by atoms with van der Waals surface area (Å²) in [6.07, 6.45) is 1.72. The van der Waals surface area contributed by atoms with Gasteiger partial charge in [0.1, 0.15) is 0 Å². The van der Waals surface area contributed by atoms with E-state index in [0.717, 1.165) is 11.3 Å². The molecule has 1 saturated heterocycles. The smallest absolute Gasteiger partial charge is 0.398 e. The molecule has 1 aromatic rings. The predicted molar refractivity (Wildman–Crippen MR) is 70.0 cm³/mol. The Bertz CT molecular complexity index is 427. The highest BCUT2D eigenvalue weighted by atomic mass is 16.7. The summed E-state index contributed by atoms with van der Waals surface area (Å²) in [5.74, 6) is 0. The lowest BCUT2D eigenvalue weighted by atomic mass is 9.84. The third-order valence-corrected chi connectivity index (χ3v) is 3.50. The van der Waals surface area contributed by atoms with Gasteiger partial charge in [0.25, 0.3) is 0 Å².